The molecule has 0 atom stereocenters. The van der Waals surface area contributed by atoms with Crippen molar-refractivity contribution in [2.45, 2.75) is 68.9 Å². The molecule has 1 aromatic carbocycles. The lowest BCUT2D eigenvalue weighted by atomic mass is 9.87. The molecule has 0 aliphatic carbocycles. The first-order valence-electron chi connectivity index (χ1n) is 11.2. The third-order valence-corrected chi connectivity index (χ3v) is 8.00. The molecule has 174 valence electrons. The van der Waals surface area contributed by atoms with E-state index < -0.39 is 10.0 Å². The molecule has 0 aromatic heterocycles. The number of carbonyl (C=O) groups excluding carboxylic acids is 1. The average Bonchev–Trinajstić information content (AvgIpc) is 2.77. The molecule has 31 heavy (non-hydrogen) atoms. The first-order chi connectivity index (χ1) is 14.6. The molecule has 0 saturated carbocycles. The van der Waals surface area contributed by atoms with E-state index in [0.29, 0.717) is 25.2 Å². The van der Waals surface area contributed by atoms with Gasteiger partial charge in [-0.05, 0) is 48.8 Å². The van der Waals surface area contributed by atoms with Crippen molar-refractivity contribution in [3.63, 3.8) is 0 Å². The van der Waals surface area contributed by atoms with Crippen LogP contribution < -0.4 is 4.72 Å². The molecule has 8 heteroatoms. The molecule has 0 bridgehead atoms. The van der Waals surface area contributed by atoms with Crippen molar-refractivity contribution < 1.29 is 17.9 Å². The van der Waals surface area contributed by atoms with Crippen LogP contribution in [0.15, 0.2) is 29.2 Å². The molecule has 2 aliphatic heterocycles. The minimum absolute atomic E-state index is 0.0442. The number of rotatable bonds is 6. The maximum absolute atomic E-state index is 12.6. The first-order valence-corrected chi connectivity index (χ1v) is 12.7. The Bertz CT molecular complexity index is 833. The number of nitrogens with zero attached hydrogens (tertiary/aromatic N) is 2. The SMILES string of the molecule is COC1CCN(C2CCN(C(=O)CNS(=O)(=O)c3ccc(C(C)(C)C)cc3)CC2)CC1. The van der Waals surface area contributed by atoms with Gasteiger partial charge in [-0.2, -0.15) is 0 Å². The van der Waals surface area contributed by atoms with Gasteiger partial charge in [0.25, 0.3) is 0 Å². The van der Waals surface area contributed by atoms with Crippen LogP contribution in [0.1, 0.15) is 52.0 Å². The van der Waals surface area contributed by atoms with Crippen LogP contribution in [0.25, 0.3) is 0 Å². The molecule has 0 radical (unpaired) electrons. The monoisotopic (exact) mass is 451 g/mol. The molecule has 2 saturated heterocycles. The van der Waals surface area contributed by atoms with Gasteiger partial charge < -0.3 is 14.5 Å². The summed E-state index contributed by atoms with van der Waals surface area (Å²) in [4.78, 5) is 17.1. The summed E-state index contributed by atoms with van der Waals surface area (Å²) in [5.41, 5.74) is 1.02. The topological polar surface area (TPSA) is 79.0 Å². The Hall–Kier alpha value is -1.48. The summed E-state index contributed by atoms with van der Waals surface area (Å²) in [6.45, 7) is 9.49. The Labute approximate surface area is 187 Å². The highest BCUT2D eigenvalue weighted by molar-refractivity contribution is 7.89. The third kappa shape index (κ3) is 6.28. The molecule has 2 heterocycles. The zero-order valence-electron chi connectivity index (χ0n) is 19.3. The number of ether oxygens (including phenoxy) is 1. The number of amides is 1. The minimum Gasteiger partial charge on any atom is -0.381 e. The fourth-order valence-corrected chi connectivity index (χ4v) is 5.42. The Balaban J connectivity index is 1.46. The van der Waals surface area contributed by atoms with E-state index in [-0.39, 0.29) is 22.8 Å². The highest BCUT2D eigenvalue weighted by atomic mass is 32.2. The van der Waals surface area contributed by atoms with Crippen LogP contribution in [-0.2, 0) is 25.0 Å². The predicted molar refractivity (Wildman–Crippen MR) is 122 cm³/mol. The van der Waals surface area contributed by atoms with Gasteiger partial charge in [0, 0.05) is 39.3 Å². The number of hydrogen-bond donors (Lipinski definition) is 1. The van der Waals surface area contributed by atoms with Gasteiger partial charge in [0.1, 0.15) is 0 Å². The highest BCUT2D eigenvalue weighted by Gasteiger charge is 2.30. The number of methoxy groups -OCH3 is 1. The second kappa shape index (κ2) is 9.98. The lowest BCUT2D eigenvalue weighted by Gasteiger charge is -2.41. The Morgan fingerprint density at radius 1 is 1.03 bits per heavy atom. The lowest BCUT2D eigenvalue weighted by molar-refractivity contribution is -0.131. The summed E-state index contributed by atoms with van der Waals surface area (Å²) in [6, 6.07) is 7.37. The number of benzene rings is 1. The van der Waals surface area contributed by atoms with E-state index in [4.69, 9.17) is 4.74 Å². The number of piperidine rings is 2. The van der Waals surface area contributed by atoms with Crippen molar-refractivity contribution in [2.24, 2.45) is 0 Å². The van der Waals surface area contributed by atoms with E-state index in [1.807, 2.05) is 12.1 Å². The molecule has 0 spiro atoms. The van der Waals surface area contributed by atoms with Crippen molar-refractivity contribution in [2.75, 3.05) is 39.8 Å². The molecule has 3 rings (SSSR count). The quantitative estimate of drug-likeness (QED) is 0.718. The molecular formula is C23H37N3O4S. The number of likely N-dealkylation sites (tertiary alicyclic amines) is 2. The average molecular weight is 452 g/mol. The third-order valence-electron chi connectivity index (χ3n) is 6.59. The van der Waals surface area contributed by atoms with Gasteiger partial charge in [0.15, 0.2) is 0 Å². The van der Waals surface area contributed by atoms with Crippen LogP contribution in [0.3, 0.4) is 0 Å². The van der Waals surface area contributed by atoms with E-state index in [1.165, 1.54) is 0 Å². The largest absolute Gasteiger partial charge is 0.381 e. The van der Waals surface area contributed by atoms with Crippen molar-refractivity contribution in [1.82, 2.24) is 14.5 Å². The van der Waals surface area contributed by atoms with Gasteiger partial charge in [-0.3, -0.25) is 4.79 Å². The maximum atomic E-state index is 12.6. The molecule has 2 aliphatic rings. The second-order valence-corrected chi connectivity index (χ2v) is 11.4. The predicted octanol–water partition coefficient (Wildman–Crippen LogP) is 2.36. The molecule has 2 fully saturated rings. The van der Waals surface area contributed by atoms with Crippen LogP contribution in [0.5, 0.6) is 0 Å². The van der Waals surface area contributed by atoms with Crippen LogP contribution >= 0.6 is 0 Å². The van der Waals surface area contributed by atoms with Crippen LogP contribution in [0.2, 0.25) is 0 Å². The van der Waals surface area contributed by atoms with Crippen molar-refractivity contribution in [1.29, 1.82) is 0 Å². The normalized spacial score (nSPS) is 20.2. The van der Waals surface area contributed by atoms with Gasteiger partial charge in [-0.25, -0.2) is 13.1 Å². The zero-order chi connectivity index (χ0) is 22.6. The van der Waals surface area contributed by atoms with E-state index in [9.17, 15) is 13.2 Å². The number of nitrogens with one attached hydrogen (secondary N) is 1. The smallest absolute Gasteiger partial charge is 0.241 e. The summed E-state index contributed by atoms with van der Waals surface area (Å²) < 4.78 is 33.1. The number of hydrogen-bond acceptors (Lipinski definition) is 5. The summed E-state index contributed by atoms with van der Waals surface area (Å²) in [7, 11) is -1.93. The van der Waals surface area contributed by atoms with E-state index in [1.54, 1.807) is 24.1 Å². The summed E-state index contributed by atoms with van der Waals surface area (Å²) in [6.07, 6.45) is 4.37. The lowest BCUT2D eigenvalue weighted by Crippen LogP contribution is -2.51. The van der Waals surface area contributed by atoms with E-state index >= 15 is 0 Å². The van der Waals surface area contributed by atoms with Gasteiger partial charge >= 0.3 is 0 Å². The summed E-state index contributed by atoms with van der Waals surface area (Å²) in [5, 5.41) is 0. The van der Waals surface area contributed by atoms with Crippen molar-refractivity contribution in [3.8, 4) is 0 Å². The van der Waals surface area contributed by atoms with Gasteiger partial charge in [-0.15, -0.1) is 0 Å². The standard InChI is InChI=1S/C23H37N3O4S/c1-23(2,3)18-5-7-21(8-6-18)31(28,29)24-17-22(27)26-13-9-19(10-14-26)25-15-11-20(30-4)12-16-25/h5-8,19-20,24H,9-17H2,1-4H3. The van der Waals surface area contributed by atoms with E-state index in [0.717, 1.165) is 44.3 Å². The van der Waals surface area contributed by atoms with Gasteiger partial charge in [-0.1, -0.05) is 32.9 Å². The van der Waals surface area contributed by atoms with Crippen molar-refractivity contribution in [3.05, 3.63) is 29.8 Å². The Morgan fingerprint density at radius 2 is 1.61 bits per heavy atom. The van der Waals surface area contributed by atoms with Crippen LogP contribution in [0.4, 0.5) is 0 Å². The Kier molecular flexibility index (Phi) is 7.78. The molecule has 0 unspecified atom stereocenters. The van der Waals surface area contributed by atoms with Gasteiger partial charge in [0.2, 0.25) is 15.9 Å². The molecule has 1 N–H and O–H groups in total. The molecule has 7 nitrogen and oxygen atoms in total. The second-order valence-electron chi connectivity index (χ2n) is 9.68. The summed E-state index contributed by atoms with van der Waals surface area (Å²) >= 11 is 0. The van der Waals surface area contributed by atoms with Crippen LogP contribution in [0, 0.1) is 0 Å². The fraction of sp³-hybridized carbons (Fsp3) is 0.696. The van der Waals surface area contributed by atoms with Crippen molar-refractivity contribution >= 4 is 15.9 Å². The maximum Gasteiger partial charge on any atom is 0.241 e. The first kappa shape index (κ1) is 24.2. The highest BCUT2D eigenvalue weighted by Crippen LogP contribution is 2.24. The number of carbonyl (C=O) groups is 1. The zero-order valence-corrected chi connectivity index (χ0v) is 20.1. The van der Waals surface area contributed by atoms with Gasteiger partial charge in [0.05, 0.1) is 17.5 Å². The molecule has 1 amide bonds. The van der Waals surface area contributed by atoms with E-state index in [2.05, 4.69) is 30.4 Å². The summed E-state index contributed by atoms with van der Waals surface area (Å²) in [5.74, 6) is -0.161. The fourth-order valence-electron chi connectivity index (χ4n) is 4.44. The van der Waals surface area contributed by atoms with Crippen LogP contribution in [-0.4, -0.2) is 76.1 Å². The molecule has 1 aromatic rings. The minimum atomic E-state index is -3.71. The molecular weight excluding hydrogens is 414 g/mol. The number of sulfonamides is 1. The Morgan fingerprint density at radius 3 is 2.13 bits per heavy atom.